The number of carbonyl (C=O) groups excluding carboxylic acids is 1. The predicted molar refractivity (Wildman–Crippen MR) is 53.2 cm³/mol. The number of halogens is 1. The van der Waals surface area contributed by atoms with E-state index in [0.717, 1.165) is 14.9 Å². The molecule has 0 aliphatic carbocycles. The van der Waals surface area contributed by atoms with E-state index in [9.17, 15) is 4.79 Å². The summed E-state index contributed by atoms with van der Waals surface area (Å²) in [5.74, 6) is -0.0218. The Morgan fingerprint density at radius 3 is 2.85 bits per heavy atom. The van der Waals surface area contributed by atoms with Crippen molar-refractivity contribution in [1.29, 1.82) is 0 Å². The van der Waals surface area contributed by atoms with E-state index in [2.05, 4.69) is 10.5 Å². The van der Waals surface area contributed by atoms with Crippen molar-refractivity contribution in [3.05, 3.63) is 21.3 Å². The molecule has 2 rings (SSSR count). The topological polar surface area (TPSA) is 41.5 Å². The zero-order valence-corrected chi connectivity index (χ0v) is 8.28. The van der Waals surface area contributed by atoms with Gasteiger partial charge in [0.1, 0.15) is 0 Å². The molecular weight excluding hydrogens is 208 g/mol. The van der Waals surface area contributed by atoms with Gasteiger partial charge in [0, 0.05) is 12.8 Å². The highest BCUT2D eigenvalue weighted by Gasteiger charge is 2.14. The zero-order valence-electron chi connectivity index (χ0n) is 6.71. The minimum atomic E-state index is -0.0218. The van der Waals surface area contributed by atoms with Crippen molar-refractivity contribution in [2.75, 3.05) is 0 Å². The molecule has 1 amide bonds. The molecule has 0 radical (unpaired) electrons. The first-order valence-corrected chi connectivity index (χ1v) is 5.06. The van der Waals surface area contributed by atoms with Gasteiger partial charge in [0.25, 0.3) is 0 Å². The summed E-state index contributed by atoms with van der Waals surface area (Å²) in [5.41, 5.74) is 3.37. The Bertz CT molecular complexity index is 372. The van der Waals surface area contributed by atoms with Crippen molar-refractivity contribution >= 4 is 34.6 Å². The molecule has 1 N–H and O–H groups in total. The van der Waals surface area contributed by atoms with Crippen LogP contribution < -0.4 is 5.43 Å². The third-order valence-corrected chi connectivity index (χ3v) is 3.04. The molecule has 0 fully saturated rings. The molecule has 0 spiro atoms. The normalized spacial score (nSPS) is 16.7. The number of nitrogens with zero attached hydrogens (tertiary/aromatic N) is 1. The number of carbonyl (C=O) groups is 1. The average molecular weight is 215 g/mol. The zero-order chi connectivity index (χ0) is 9.26. The Kier molecular flexibility index (Phi) is 2.33. The van der Waals surface area contributed by atoms with Crippen molar-refractivity contribution in [2.24, 2.45) is 5.10 Å². The maximum atomic E-state index is 10.8. The molecule has 0 saturated carbocycles. The van der Waals surface area contributed by atoms with Gasteiger partial charge in [-0.15, -0.1) is 11.3 Å². The molecule has 1 aliphatic heterocycles. The molecule has 0 saturated heterocycles. The molecule has 3 nitrogen and oxygen atoms in total. The van der Waals surface area contributed by atoms with Crippen LogP contribution in [0.2, 0.25) is 4.34 Å². The summed E-state index contributed by atoms with van der Waals surface area (Å²) in [6.07, 6.45) is 1.21. The summed E-state index contributed by atoms with van der Waals surface area (Å²) < 4.78 is 0.745. The lowest BCUT2D eigenvalue weighted by molar-refractivity contribution is -0.121. The fourth-order valence-electron chi connectivity index (χ4n) is 1.12. The van der Waals surface area contributed by atoms with E-state index in [1.165, 1.54) is 11.3 Å². The Balaban J connectivity index is 2.22. The van der Waals surface area contributed by atoms with Crippen LogP contribution in [0.4, 0.5) is 0 Å². The molecule has 0 aromatic carbocycles. The van der Waals surface area contributed by atoms with Crippen LogP contribution in [0.1, 0.15) is 17.7 Å². The Labute approximate surface area is 84.4 Å². The second kappa shape index (κ2) is 3.47. The number of nitrogens with one attached hydrogen (secondary N) is 1. The quantitative estimate of drug-likeness (QED) is 0.764. The van der Waals surface area contributed by atoms with E-state index in [1.54, 1.807) is 0 Å². The third kappa shape index (κ3) is 1.89. The van der Waals surface area contributed by atoms with Gasteiger partial charge < -0.3 is 0 Å². The van der Waals surface area contributed by atoms with E-state index in [0.29, 0.717) is 12.8 Å². The van der Waals surface area contributed by atoms with Crippen LogP contribution in [0.15, 0.2) is 17.2 Å². The van der Waals surface area contributed by atoms with E-state index in [4.69, 9.17) is 11.6 Å². The molecule has 1 aromatic rings. The third-order valence-electron chi connectivity index (χ3n) is 1.76. The average Bonchev–Trinajstić information content (AvgIpc) is 2.53. The van der Waals surface area contributed by atoms with Gasteiger partial charge in [0.15, 0.2) is 0 Å². The minimum Gasteiger partial charge on any atom is -0.273 e. The lowest BCUT2D eigenvalue weighted by atomic mass is 10.1. The summed E-state index contributed by atoms with van der Waals surface area (Å²) in [6, 6.07) is 3.75. The van der Waals surface area contributed by atoms with Crippen LogP contribution in [0.3, 0.4) is 0 Å². The van der Waals surface area contributed by atoms with Crippen LogP contribution >= 0.6 is 22.9 Å². The second-order valence-electron chi connectivity index (χ2n) is 2.70. The monoisotopic (exact) mass is 214 g/mol. The first-order valence-electron chi connectivity index (χ1n) is 3.87. The van der Waals surface area contributed by atoms with Crippen LogP contribution in [0, 0.1) is 0 Å². The highest BCUT2D eigenvalue weighted by atomic mass is 35.5. The second-order valence-corrected chi connectivity index (χ2v) is 4.41. The van der Waals surface area contributed by atoms with E-state index in [1.807, 2.05) is 12.1 Å². The van der Waals surface area contributed by atoms with Crippen molar-refractivity contribution in [2.45, 2.75) is 12.8 Å². The first kappa shape index (κ1) is 8.72. The number of rotatable bonds is 1. The summed E-state index contributed by atoms with van der Waals surface area (Å²) >= 11 is 7.26. The van der Waals surface area contributed by atoms with E-state index >= 15 is 0 Å². The summed E-state index contributed by atoms with van der Waals surface area (Å²) in [5, 5.41) is 3.96. The van der Waals surface area contributed by atoms with Crippen LogP contribution in [-0.4, -0.2) is 11.6 Å². The Hall–Kier alpha value is -0.870. The lowest BCUT2D eigenvalue weighted by Gasteiger charge is -2.09. The lowest BCUT2D eigenvalue weighted by Crippen LogP contribution is -2.25. The van der Waals surface area contributed by atoms with Gasteiger partial charge in [-0.3, -0.25) is 4.79 Å². The van der Waals surface area contributed by atoms with Gasteiger partial charge in [0.05, 0.1) is 14.9 Å². The molecule has 1 aliphatic rings. The van der Waals surface area contributed by atoms with Gasteiger partial charge in [0.2, 0.25) is 5.91 Å². The van der Waals surface area contributed by atoms with Crippen LogP contribution in [0.5, 0.6) is 0 Å². The molecule has 0 unspecified atom stereocenters. The highest BCUT2D eigenvalue weighted by Crippen LogP contribution is 2.23. The number of thiophene rings is 1. The van der Waals surface area contributed by atoms with Crippen molar-refractivity contribution in [1.82, 2.24) is 5.43 Å². The molecule has 13 heavy (non-hydrogen) atoms. The molecule has 1 aromatic heterocycles. The maximum absolute atomic E-state index is 10.8. The summed E-state index contributed by atoms with van der Waals surface area (Å²) in [4.78, 5) is 11.8. The summed E-state index contributed by atoms with van der Waals surface area (Å²) in [6.45, 7) is 0. The van der Waals surface area contributed by atoms with E-state index < -0.39 is 0 Å². The smallest absolute Gasteiger partial charge is 0.240 e. The van der Waals surface area contributed by atoms with Crippen LogP contribution in [-0.2, 0) is 4.79 Å². The number of hydrogen-bond donors (Lipinski definition) is 1. The SMILES string of the molecule is O=C1CCC(c2ccc(Cl)s2)=NN1. The molecule has 2 heterocycles. The van der Waals surface area contributed by atoms with Gasteiger partial charge >= 0.3 is 0 Å². The predicted octanol–water partition coefficient (Wildman–Crippen LogP) is 2.02. The first-order chi connectivity index (χ1) is 6.25. The summed E-state index contributed by atoms with van der Waals surface area (Å²) in [7, 11) is 0. The van der Waals surface area contributed by atoms with Crippen molar-refractivity contribution in [3.63, 3.8) is 0 Å². The van der Waals surface area contributed by atoms with Gasteiger partial charge in [-0.05, 0) is 12.1 Å². The van der Waals surface area contributed by atoms with Crippen molar-refractivity contribution in [3.8, 4) is 0 Å². The number of amides is 1. The van der Waals surface area contributed by atoms with E-state index in [-0.39, 0.29) is 5.91 Å². The molecule has 5 heteroatoms. The van der Waals surface area contributed by atoms with Crippen LogP contribution in [0.25, 0.3) is 0 Å². The number of hydrogen-bond acceptors (Lipinski definition) is 3. The largest absolute Gasteiger partial charge is 0.273 e. The number of hydrazone groups is 1. The minimum absolute atomic E-state index is 0.0218. The van der Waals surface area contributed by atoms with Crippen molar-refractivity contribution < 1.29 is 4.79 Å². The molecule has 0 atom stereocenters. The van der Waals surface area contributed by atoms with Gasteiger partial charge in [-0.1, -0.05) is 11.6 Å². The maximum Gasteiger partial charge on any atom is 0.240 e. The van der Waals surface area contributed by atoms with Gasteiger partial charge in [-0.2, -0.15) is 5.10 Å². The molecular formula is C8H7ClN2OS. The Morgan fingerprint density at radius 1 is 1.46 bits per heavy atom. The molecule has 0 bridgehead atoms. The van der Waals surface area contributed by atoms with Gasteiger partial charge in [-0.25, -0.2) is 5.43 Å². The Morgan fingerprint density at radius 2 is 2.31 bits per heavy atom. The fraction of sp³-hybridized carbons (Fsp3) is 0.250. The molecule has 68 valence electrons. The fourth-order valence-corrected chi connectivity index (χ4v) is 2.18. The highest BCUT2D eigenvalue weighted by molar-refractivity contribution is 7.18. The standard InChI is InChI=1S/C8H7ClN2OS/c9-7-3-2-6(13-7)5-1-4-8(12)11-10-5/h2-3H,1,4H2,(H,11,12).